The van der Waals surface area contributed by atoms with Crippen LogP contribution in [0.2, 0.25) is 0 Å². The first kappa shape index (κ1) is 9.77. The van der Waals surface area contributed by atoms with Crippen molar-refractivity contribution in [3.8, 4) is 0 Å². The van der Waals surface area contributed by atoms with Crippen LogP contribution in [0.3, 0.4) is 0 Å². The molecule has 0 amide bonds. The van der Waals surface area contributed by atoms with Crippen LogP contribution in [0.15, 0.2) is 18.2 Å². The fourth-order valence-electron chi connectivity index (χ4n) is 0.868. The molecule has 0 spiro atoms. The highest BCUT2D eigenvalue weighted by Gasteiger charge is 2.25. The Kier molecular flexibility index (Phi) is 2.40. The SMILES string of the molecule is CC(F)(C=O)c1ccc(F)c(F)c1. The van der Waals surface area contributed by atoms with Gasteiger partial charge in [-0.15, -0.1) is 0 Å². The number of hydrogen-bond donors (Lipinski definition) is 0. The number of benzene rings is 1. The van der Waals surface area contributed by atoms with Crippen LogP contribution in [0.4, 0.5) is 13.2 Å². The van der Waals surface area contributed by atoms with E-state index in [0.29, 0.717) is 6.07 Å². The highest BCUT2D eigenvalue weighted by atomic mass is 19.2. The maximum absolute atomic E-state index is 13.2. The van der Waals surface area contributed by atoms with E-state index in [-0.39, 0.29) is 11.8 Å². The Balaban J connectivity index is 3.18. The predicted octanol–water partition coefficient (Wildman–Crippen LogP) is 2.35. The van der Waals surface area contributed by atoms with Crippen LogP contribution in [-0.2, 0) is 10.5 Å². The molecule has 4 heteroatoms. The third kappa shape index (κ3) is 1.88. The Hall–Kier alpha value is -1.32. The van der Waals surface area contributed by atoms with Crippen molar-refractivity contribution in [3.63, 3.8) is 0 Å². The number of hydrogen-bond acceptors (Lipinski definition) is 1. The summed E-state index contributed by atoms with van der Waals surface area (Å²) in [5, 5.41) is 0. The lowest BCUT2D eigenvalue weighted by molar-refractivity contribution is -0.117. The van der Waals surface area contributed by atoms with Crippen molar-refractivity contribution in [2.75, 3.05) is 0 Å². The van der Waals surface area contributed by atoms with Crippen molar-refractivity contribution in [2.45, 2.75) is 12.6 Å². The first-order valence-corrected chi connectivity index (χ1v) is 3.58. The summed E-state index contributed by atoms with van der Waals surface area (Å²) in [7, 11) is 0. The summed E-state index contributed by atoms with van der Waals surface area (Å²) in [5.74, 6) is -2.23. The standard InChI is InChI=1S/C9H7F3O/c1-9(12,5-13)6-2-3-7(10)8(11)4-6/h2-5H,1H3. The fourth-order valence-corrected chi connectivity index (χ4v) is 0.868. The van der Waals surface area contributed by atoms with Crippen LogP contribution >= 0.6 is 0 Å². The normalized spacial score (nSPS) is 15.1. The molecular weight excluding hydrogens is 181 g/mol. The van der Waals surface area contributed by atoms with Gasteiger partial charge in [0.25, 0.3) is 0 Å². The van der Waals surface area contributed by atoms with Gasteiger partial charge in [0.05, 0.1) is 0 Å². The van der Waals surface area contributed by atoms with E-state index in [9.17, 15) is 18.0 Å². The van der Waals surface area contributed by atoms with Crippen LogP contribution in [0.25, 0.3) is 0 Å². The van der Waals surface area contributed by atoms with Gasteiger partial charge in [0, 0.05) is 0 Å². The van der Waals surface area contributed by atoms with Crippen LogP contribution in [-0.4, -0.2) is 6.29 Å². The van der Waals surface area contributed by atoms with Gasteiger partial charge in [-0.2, -0.15) is 0 Å². The van der Waals surface area contributed by atoms with Crippen LogP contribution in [0, 0.1) is 11.6 Å². The highest BCUT2D eigenvalue weighted by molar-refractivity contribution is 5.65. The number of rotatable bonds is 2. The summed E-state index contributed by atoms with van der Waals surface area (Å²) in [6.45, 7) is 0.979. The van der Waals surface area contributed by atoms with Gasteiger partial charge >= 0.3 is 0 Å². The number of halogens is 3. The molecule has 0 radical (unpaired) electrons. The Bertz CT molecular complexity index is 334. The smallest absolute Gasteiger partial charge is 0.188 e. The summed E-state index contributed by atoms with van der Waals surface area (Å²) in [6, 6.07) is 2.49. The van der Waals surface area contributed by atoms with Gasteiger partial charge in [0.1, 0.15) is 0 Å². The molecule has 0 heterocycles. The second kappa shape index (κ2) is 3.20. The quantitative estimate of drug-likeness (QED) is 0.651. The summed E-state index contributed by atoms with van der Waals surface area (Å²) in [6.07, 6.45) is 0.0413. The maximum Gasteiger partial charge on any atom is 0.188 e. The molecule has 0 N–H and O–H groups in total. The summed E-state index contributed by atoms with van der Waals surface area (Å²) in [5.41, 5.74) is -2.46. The molecule has 0 fully saturated rings. The maximum atomic E-state index is 13.2. The van der Waals surface area contributed by atoms with E-state index in [1.54, 1.807) is 0 Å². The monoisotopic (exact) mass is 188 g/mol. The fraction of sp³-hybridized carbons (Fsp3) is 0.222. The number of alkyl halides is 1. The number of carbonyl (C=O) groups excluding carboxylic acids is 1. The summed E-state index contributed by atoms with van der Waals surface area (Å²) in [4.78, 5) is 10.2. The van der Waals surface area contributed by atoms with Crippen LogP contribution < -0.4 is 0 Å². The van der Waals surface area contributed by atoms with Crippen LogP contribution in [0.1, 0.15) is 12.5 Å². The molecule has 1 aromatic rings. The Morgan fingerprint density at radius 1 is 1.31 bits per heavy atom. The molecule has 1 rings (SSSR count). The zero-order valence-corrected chi connectivity index (χ0v) is 6.85. The van der Waals surface area contributed by atoms with E-state index >= 15 is 0 Å². The topological polar surface area (TPSA) is 17.1 Å². The lowest BCUT2D eigenvalue weighted by atomic mass is 10.00. The van der Waals surface area contributed by atoms with Crippen molar-refractivity contribution in [2.24, 2.45) is 0 Å². The molecule has 0 aliphatic rings. The minimum absolute atomic E-state index is 0.0413. The first-order chi connectivity index (χ1) is 5.97. The Morgan fingerprint density at radius 3 is 2.38 bits per heavy atom. The average molecular weight is 188 g/mol. The van der Waals surface area contributed by atoms with E-state index in [1.807, 2.05) is 0 Å². The molecular formula is C9H7F3O. The second-order valence-corrected chi connectivity index (χ2v) is 2.82. The molecule has 0 bridgehead atoms. The van der Waals surface area contributed by atoms with Crippen molar-refractivity contribution in [1.82, 2.24) is 0 Å². The Labute approximate surface area is 73.2 Å². The van der Waals surface area contributed by atoms with E-state index in [4.69, 9.17) is 0 Å². The van der Waals surface area contributed by atoms with E-state index in [2.05, 4.69) is 0 Å². The van der Waals surface area contributed by atoms with E-state index < -0.39 is 17.3 Å². The highest BCUT2D eigenvalue weighted by Crippen LogP contribution is 2.24. The lowest BCUT2D eigenvalue weighted by Gasteiger charge is -2.12. The molecule has 0 aromatic heterocycles. The van der Waals surface area contributed by atoms with Gasteiger partial charge in [0.2, 0.25) is 0 Å². The Morgan fingerprint density at radius 2 is 1.92 bits per heavy atom. The molecule has 70 valence electrons. The minimum atomic E-state index is -2.27. The molecule has 1 atom stereocenters. The minimum Gasteiger partial charge on any atom is -0.299 e. The van der Waals surface area contributed by atoms with Crippen molar-refractivity contribution < 1.29 is 18.0 Å². The molecule has 1 aromatic carbocycles. The third-order valence-electron chi connectivity index (χ3n) is 1.71. The van der Waals surface area contributed by atoms with Gasteiger partial charge in [-0.05, 0) is 24.6 Å². The third-order valence-corrected chi connectivity index (χ3v) is 1.71. The van der Waals surface area contributed by atoms with Crippen molar-refractivity contribution in [3.05, 3.63) is 35.4 Å². The van der Waals surface area contributed by atoms with Gasteiger partial charge in [0.15, 0.2) is 23.6 Å². The molecule has 0 saturated heterocycles. The average Bonchev–Trinajstić information content (AvgIpc) is 2.09. The molecule has 0 aliphatic carbocycles. The van der Waals surface area contributed by atoms with Crippen molar-refractivity contribution >= 4 is 6.29 Å². The summed E-state index contributed by atoms with van der Waals surface area (Å²) < 4.78 is 38.2. The largest absolute Gasteiger partial charge is 0.299 e. The molecule has 13 heavy (non-hydrogen) atoms. The lowest BCUT2D eigenvalue weighted by Crippen LogP contribution is -2.17. The molecule has 0 saturated carbocycles. The van der Waals surface area contributed by atoms with Crippen LogP contribution in [0.5, 0.6) is 0 Å². The van der Waals surface area contributed by atoms with E-state index in [1.165, 1.54) is 0 Å². The number of aldehydes is 1. The predicted molar refractivity (Wildman–Crippen MR) is 40.9 cm³/mol. The molecule has 1 unspecified atom stereocenters. The van der Waals surface area contributed by atoms with Gasteiger partial charge in [-0.1, -0.05) is 6.07 Å². The van der Waals surface area contributed by atoms with Crippen molar-refractivity contribution in [1.29, 1.82) is 0 Å². The zero-order chi connectivity index (χ0) is 10.1. The zero-order valence-electron chi connectivity index (χ0n) is 6.85. The van der Waals surface area contributed by atoms with E-state index in [0.717, 1.165) is 19.1 Å². The van der Waals surface area contributed by atoms with Gasteiger partial charge in [-0.25, -0.2) is 13.2 Å². The van der Waals surface area contributed by atoms with Gasteiger partial charge < -0.3 is 0 Å². The molecule has 1 nitrogen and oxygen atoms in total. The first-order valence-electron chi connectivity index (χ1n) is 3.58. The number of carbonyl (C=O) groups is 1. The second-order valence-electron chi connectivity index (χ2n) is 2.82. The summed E-state index contributed by atoms with van der Waals surface area (Å²) >= 11 is 0. The van der Waals surface area contributed by atoms with Gasteiger partial charge in [-0.3, -0.25) is 4.79 Å². The molecule has 0 aliphatic heterocycles.